The van der Waals surface area contributed by atoms with Gasteiger partial charge in [0.05, 0.1) is 11.3 Å². The molecule has 0 N–H and O–H groups in total. The first-order chi connectivity index (χ1) is 15.7. The summed E-state index contributed by atoms with van der Waals surface area (Å²) in [7, 11) is -2.60. The minimum atomic E-state index is -4.03. The van der Waals surface area contributed by atoms with E-state index in [1.165, 1.54) is 19.2 Å². The predicted molar refractivity (Wildman–Crippen MR) is 125 cm³/mol. The summed E-state index contributed by atoms with van der Waals surface area (Å²) in [5, 5.41) is 0. The Hall–Kier alpha value is -3.39. The normalized spacial score (nSPS) is 13.5. The van der Waals surface area contributed by atoms with E-state index in [0.29, 0.717) is 17.3 Å². The van der Waals surface area contributed by atoms with Crippen LogP contribution in [0.5, 0.6) is 0 Å². The molecular formula is C25H26N2O5S. The summed E-state index contributed by atoms with van der Waals surface area (Å²) in [4.78, 5) is 25.4. The number of Topliss-reactive ketones (excluding diaryl/α,β-unsaturated/α-hetero) is 1. The van der Waals surface area contributed by atoms with E-state index < -0.39 is 22.6 Å². The van der Waals surface area contributed by atoms with Gasteiger partial charge in [0.15, 0.2) is 6.61 Å². The number of hydrogen-bond donors (Lipinski definition) is 0. The summed E-state index contributed by atoms with van der Waals surface area (Å²) >= 11 is 0. The number of carbonyl (C=O) groups excluding carboxylic acids is 2. The molecule has 1 fully saturated rings. The quantitative estimate of drug-likeness (QED) is 0.365. The van der Waals surface area contributed by atoms with Crippen LogP contribution in [0.25, 0.3) is 0 Å². The lowest BCUT2D eigenvalue weighted by Crippen LogP contribution is -2.28. The largest absolute Gasteiger partial charge is 0.454 e. The van der Waals surface area contributed by atoms with Crippen LogP contribution in [0, 0.1) is 13.8 Å². The van der Waals surface area contributed by atoms with Crippen LogP contribution in [0.1, 0.15) is 51.0 Å². The Morgan fingerprint density at radius 2 is 1.64 bits per heavy atom. The van der Waals surface area contributed by atoms with Gasteiger partial charge in [-0.1, -0.05) is 30.3 Å². The van der Waals surface area contributed by atoms with Crippen LogP contribution < -0.4 is 4.31 Å². The lowest BCUT2D eigenvalue weighted by molar-refractivity contribution is 0.0470. The fourth-order valence-electron chi connectivity index (χ4n) is 4.03. The van der Waals surface area contributed by atoms with Gasteiger partial charge in [-0.15, -0.1) is 0 Å². The summed E-state index contributed by atoms with van der Waals surface area (Å²) in [5.41, 5.74) is 2.74. The fraction of sp³-hybridized carbons (Fsp3) is 0.280. The van der Waals surface area contributed by atoms with E-state index in [1.807, 2.05) is 19.9 Å². The number of ether oxygens (including phenoxy) is 1. The number of aromatic nitrogens is 1. The Labute approximate surface area is 193 Å². The molecule has 0 spiro atoms. The van der Waals surface area contributed by atoms with Crippen molar-refractivity contribution in [2.45, 2.75) is 37.6 Å². The topological polar surface area (TPSA) is 85.7 Å². The van der Waals surface area contributed by atoms with Gasteiger partial charge in [0.1, 0.15) is 4.90 Å². The second-order valence-corrected chi connectivity index (χ2v) is 10.1. The van der Waals surface area contributed by atoms with Crippen molar-refractivity contribution in [3.8, 4) is 0 Å². The number of rotatable bonds is 8. The highest BCUT2D eigenvalue weighted by atomic mass is 32.2. The van der Waals surface area contributed by atoms with Gasteiger partial charge >= 0.3 is 5.97 Å². The monoisotopic (exact) mass is 466 g/mol. The molecule has 8 heteroatoms. The van der Waals surface area contributed by atoms with Crippen LogP contribution in [0.4, 0.5) is 5.69 Å². The molecule has 0 aliphatic heterocycles. The Balaban J connectivity index is 1.53. The van der Waals surface area contributed by atoms with Crippen molar-refractivity contribution in [3.05, 3.63) is 83.2 Å². The second-order valence-electron chi connectivity index (χ2n) is 8.19. The molecule has 7 nitrogen and oxygen atoms in total. The minimum absolute atomic E-state index is 0.114. The maximum Gasteiger partial charge on any atom is 0.339 e. The molecule has 1 heterocycles. The zero-order valence-corrected chi connectivity index (χ0v) is 19.6. The van der Waals surface area contributed by atoms with E-state index in [-0.39, 0.29) is 16.2 Å². The number of ketones is 1. The molecule has 172 valence electrons. The van der Waals surface area contributed by atoms with Gasteiger partial charge in [0.2, 0.25) is 5.78 Å². The lowest BCUT2D eigenvalue weighted by atomic mass is 10.1. The molecule has 33 heavy (non-hydrogen) atoms. The molecule has 1 saturated carbocycles. The number of anilines is 1. The SMILES string of the molecule is Cc1cc(C(=O)COC(=O)c2ccccc2S(=O)(=O)N(C)c2ccccc2)c(C)n1C1CC1. The first-order valence-corrected chi connectivity index (χ1v) is 12.2. The number of hydrogen-bond acceptors (Lipinski definition) is 5. The lowest BCUT2D eigenvalue weighted by Gasteiger charge is -2.20. The summed E-state index contributed by atoms with van der Waals surface area (Å²) in [6.07, 6.45) is 2.20. The van der Waals surface area contributed by atoms with E-state index >= 15 is 0 Å². The molecule has 4 rings (SSSR count). The Morgan fingerprint density at radius 1 is 1.00 bits per heavy atom. The van der Waals surface area contributed by atoms with E-state index in [1.54, 1.807) is 42.5 Å². The average Bonchev–Trinajstić information content (AvgIpc) is 3.61. The minimum Gasteiger partial charge on any atom is -0.454 e. The maximum absolute atomic E-state index is 13.2. The highest BCUT2D eigenvalue weighted by molar-refractivity contribution is 7.92. The molecule has 2 aromatic carbocycles. The van der Waals surface area contributed by atoms with E-state index in [2.05, 4.69) is 4.57 Å². The van der Waals surface area contributed by atoms with E-state index in [9.17, 15) is 18.0 Å². The zero-order valence-electron chi connectivity index (χ0n) is 18.8. The van der Waals surface area contributed by atoms with Crippen LogP contribution in [0.15, 0.2) is 65.6 Å². The molecule has 0 unspecified atom stereocenters. The van der Waals surface area contributed by atoms with Crippen molar-refractivity contribution < 1.29 is 22.7 Å². The van der Waals surface area contributed by atoms with Crippen LogP contribution in [-0.4, -0.2) is 38.4 Å². The Bertz CT molecular complexity index is 1310. The van der Waals surface area contributed by atoms with Crippen molar-refractivity contribution >= 4 is 27.5 Å². The first-order valence-electron chi connectivity index (χ1n) is 10.7. The molecule has 0 atom stereocenters. The molecule has 0 saturated heterocycles. The van der Waals surface area contributed by atoms with E-state index in [4.69, 9.17) is 4.74 Å². The van der Waals surface area contributed by atoms with Gasteiger partial charge in [0, 0.05) is 30.0 Å². The average molecular weight is 467 g/mol. The van der Waals surface area contributed by atoms with Gasteiger partial charge < -0.3 is 9.30 Å². The van der Waals surface area contributed by atoms with Gasteiger partial charge in [-0.25, -0.2) is 13.2 Å². The van der Waals surface area contributed by atoms with Gasteiger partial charge in [0.25, 0.3) is 10.0 Å². The zero-order chi connectivity index (χ0) is 23.8. The molecule has 3 aromatic rings. The molecular weight excluding hydrogens is 440 g/mol. The van der Waals surface area contributed by atoms with Crippen molar-refractivity contribution in [1.29, 1.82) is 0 Å². The van der Waals surface area contributed by atoms with E-state index in [0.717, 1.165) is 28.5 Å². The second kappa shape index (κ2) is 8.86. The number of sulfonamides is 1. The van der Waals surface area contributed by atoms with Crippen LogP contribution in [-0.2, 0) is 14.8 Å². The molecule has 1 aliphatic rings. The standard InChI is InChI=1S/C25H26N2O5S/c1-17-15-22(18(2)27(17)20-13-14-20)23(28)16-32-25(29)21-11-7-8-12-24(21)33(30,31)26(3)19-9-5-4-6-10-19/h4-12,15,20H,13-14,16H2,1-3H3. The number of nitrogens with zero attached hydrogens (tertiary/aromatic N) is 2. The Kier molecular flexibility index (Phi) is 6.12. The number of carbonyl (C=O) groups is 2. The van der Waals surface area contributed by atoms with Crippen LogP contribution in [0.2, 0.25) is 0 Å². The molecule has 1 aliphatic carbocycles. The van der Waals surface area contributed by atoms with Crippen molar-refractivity contribution in [2.24, 2.45) is 0 Å². The number of aryl methyl sites for hydroxylation is 1. The Morgan fingerprint density at radius 3 is 2.30 bits per heavy atom. The highest BCUT2D eigenvalue weighted by Crippen LogP contribution is 2.38. The van der Waals surface area contributed by atoms with Gasteiger partial charge in [-0.3, -0.25) is 9.10 Å². The van der Waals surface area contributed by atoms with Crippen LogP contribution in [0.3, 0.4) is 0 Å². The summed E-state index contributed by atoms with van der Waals surface area (Å²) < 4.78 is 35.0. The third-order valence-corrected chi connectivity index (χ3v) is 7.74. The van der Waals surface area contributed by atoms with Crippen molar-refractivity contribution in [2.75, 3.05) is 18.0 Å². The third kappa shape index (κ3) is 4.43. The fourth-order valence-corrected chi connectivity index (χ4v) is 5.40. The summed E-state index contributed by atoms with van der Waals surface area (Å²) in [6.45, 7) is 3.39. The number of benzene rings is 2. The predicted octanol–water partition coefficient (Wildman–Crippen LogP) is 4.30. The van der Waals surface area contributed by atoms with Gasteiger partial charge in [-0.2, -0.15) is 0 Å². The number of esters is 1. The van der Waals surface area contributed by atoms with Crippen LogP contribution >= 0.6 is 0 Å². The first kappa shape index (κ1) is 22.8. The molecule has 1 aromatic heterocycles. The number of para-hydroxylation sites is 1. The highest BCUT2D eigenvalue weighted by Gasteiger charge is 2.30. The van der Waals surface area contributed by atoms with Crippen molar-refractivity contribution in [1.82, 2.24) is 4.57 Å². The van der Waals surface area contributed by atoms with Gasteiger partial charge in [-0.05, 0) is 57.0 Å². The molecule has 0 amide bonds. The molecule has 0 bridgehead atoms. The summed E-state index contributed by atoms with van der Waals surface area (Å²) in [5.74, 6) is -1.18. The smallest absolute Gasteiger partial charge is 0.339 e. The third-order valence-electron chi connectivity index (χ3n) is 5.90. The summed E-state index contributed by atoms with van der Waals surface area (Å²) in [6, 6.07) is 16.7. The van der Waals surface area contributed by atoms with Crippen molar-refractivity contribution in [3.63, 3.8) is 0 Å². The molecule has 0 radical (unpaired) electrons. The maximum atomic E-state index is 13.2.